The third-order valence-electron chi connectivity index (χ3n) is 3.58. The maximum Gasteiger partial charge on any atom is 0.0787 e. The van der Waals surface area contributed by atoms with Crippen molar-refractivity contribution in [3.63, 3.8) is 0 Å². The van der Waals surface area contributed by atoms with Crippen LogP contribution in [0.3, 0.4) is 0 Å². The Balaban J connectivity index is 1.81. The summed E-state index contributed by atoms with van der Waals surface area (Å²) < 4.78 is 0. The molecule has 108 valence electrons. The quantitative estimate of drug-likeness (QED) is 0.894. The van der Waals surface area contributed by atoms with Crippen molar-refractivity contribution < 1.29 is 5.11 Å². The normalized spacial score (nSPS) is 19.6. The molecule has 0 bridgehead atoms. The zero-order valence-electron chi connectivity index (χ0n) is 12.2. The Hall–Kier alpha value is -0.0300. The molecule has 0 saturated carbocycles. The lowest BCUT2D eigenvalue weighted by molar-refractivity contribution is 0.0321. The van der Waals surface area contributed by atoms with Crippen LogP contribution in [0.1, 0.15) is 43.4 Å². The van der Waals surface area contributed by atoms with Gasteiger partial charge in [0, 0.05) is 22.8 Å². The maximum absolute atomic E-state index is 10.4. The second-order valence-electron chi connectivity index (χ2n) is 6.46. The van der Waals surface area contributed by atoms with Crippen molar-refractivity contribution in [1.29, 1.82) is 0 Å². The summed E-state index contributed by atoms with van der Waals surface area (Å²) >= 11 is 3.82. The van der Waals surface area contributed by atoms with Crippen molar-refractivity contribution in [2.24, 2.45) is 0 Å². The van der Waals surface area contributed by atoms with E-state index < -0.39 is 5.60 Å². The Bertz CT molecular complexity index is 403. The lowest BCUT2D eigenvalue weighted by Gasteiger charge is -2.31. The molecule has 2 N–H and O–H groups in total. The minimum absolute atomic E-state index is 0.238. The van der Waals surface area contributed by atoms with E-state index in [1.54, 1.807) is 0 Å². The van der Waals surface area contributed by atoms with E-state index in [0.717, 1.165) is 37.4 Å². The number of thiophene rings is 1. The van der Waals surface area contributed by atoms with Crippen molar-refractivity contribution in [3.05, 3.63) is 21.9 Å². The molecule has 2 nitrogen and oxygen atoms in total. The summed E-state index contributed by atoms with van der Waals surface area (Å²) in [5, 5.41) is 13.8. The summed E-state index contributed by atoms with van der Waals surface area (Å²) in [7, 11) is 0. The number of rotatable bonds is 4. The molecule has 1 aromatic heterocycles. The van der Waals surface area contributed by atoms with E-state index in [-0.39, 0.29) is 5.41 Å². The highest BCUT2D eigenvalue weighted by Crippen LogP contribution is 2.30. The Kier molecular flexibility index (Phi) is 4.99. The number of nitrogens with one attached hydrogen (secondary N) is 1. The molecule has 1 saturated heterocycles. The van der Waals surface area contributed by atoms with E-state index in [1.165, 1.54) is 9.75 Å². The van der Waals surface area contributed by atoms with Gasteiger partial charge in [0.05, 0.1) is 5.60 Å². The van der Waals surface area contributed by atoms with Gasteiger partial charge in [0.2, 0.25) is 0 Å². The molecule has 0 spiro atoms. The number of aliphatic hydroxyl groups is 1. The van der Waals surface area contributed by atoms with Crippen LogP contribution < -0.4 is 5.32 Å². The molecule has 2 rings (SSSR count). The average Bonchev–Trinajstić information content (AvgIpc) is 2.78. The fourth-order valence-electron chi connectivity index (χ4n) is 2.22. The molecule has 1 aromatic rings. The molecular weight excluding hydrogens is 274 g/mol. The molecule has 0 atom stereocenters. The molecule has 0 unspecified atom stereocenters. The molecule has 19 heavy (non-hydrogen) atoms. The first-order valence-corrected chi connectivity index (χ1v) is 8.96. The zero-order valence-corrected chi connectivity index (χ0v) is 13.8. The van der Waals surface area contributed by atoms with Crippen LogP contribution >= 0.6 is 23.1 Å². The van der Waals surface area contributed by atoms with Gasteiger partial charge in [0.1, 0.15) is 0 Å². The summed E-state index contributed by atoms with van der Waals surface area (Å²) in [6.45, 7) is 8.34. The molecule has 0 amide bonds. The molecule has 0 aromatic carbocycles. The number of thioether (sulfide) groups is 1. The van der Waals surface area contributed by atoms with E-state index in [1.807, 2.05) is 23.1 Å². The van der Waals surface area contributed by atoms with Gasteiger partial charge in [-0.2, -0.15) is 11.8 Å². The Morgan fingerprint density at radius 3 is 2.53 bits per heavy atom. The molecule has 1 aliphatic heterocycles. The molecule has 0 radical (unpaired) electrons. The summed E-state index contributed by atoms with van der Waals surface area (Å²) in [5.74, 6) is 2.18. The molecule has 2 heterocycles. The van der Waals surface area contributed by atoms with Crippen LogP contribution in [0.4, 0.5) is 0 Å². The van der Waals surface area contributed by atoms with Gasteiger partial charge in [-0.1, -0.05) is 20.8 Å². The summed E-state index contributed by atoms with van der Waals surface area (Å²) in [4.78, 5) is 2.79. The Morgan fingerprint density at radius 1 is 1.26 bits per heavy atom. The van der Waals surface area contributed by atoms with Crippen molar-refractivity contribution in [2.75, 3.05) is 18.1 Å². The Morgan fingerprint density at radius 2 is 1.95 bits per heavy atom. The number of hydrogen-bond donors (Lipinski definition) is 2. The fourth-order valence-corrected chi connectivity index (χ4v) is 4.51. The van der Waals surface area contributed by atoms with Gasteiger partial charge in [0.15, 0.2) is 0 Å². The van der Waals surface area contributed by atoms with Gasteiger partial charge >= 0.3 is 0 Å². The fraction of sp³-hybridized carbons (Fsp3) is 0.733. The van der Waals surface area contributed by atoms with Crippen LogP contribution in [0.5, 0.6) is 0 Å². The van der Waals surface area contributed by atoms with Crippen LogP contribution in [0.2, 0.25) is 0 Å². The molecular formula is C15H25NOS2. The van der Waals surface area contributed by atoms with Crippen molar-refractivity contribution in [2.45, 2.75) is 51.2 Å². The first-order chi connectivity index (χ1) is 8.89. The van der Waals surface area contributed by atoms with Gasteiger partial charge in [-0.15, -0.1) is 11.3 Å². The van der Waals surface area contributed by atoms with E-state index in [9.17, 15) is 5.11 Å². The van der Waals surface area contributed by atoms with Gasteiger partial charge in [-0.05, 0) is 41.9 Å². The van der Waals surface area contributed by atoms with Crippen LogP contribution in [0.25, 0.3) is 0 Å². The third-order valence-corrected chi connectivity index (χ3v) is 6.07. The van der Waals surface area contributed by atoms with Crippen LogP contribution in [-0.2, 0) is 12.0 Å². The predicted molar refractivity (Wildman–Crippen MR) is 86.2 cm³/mol. The molecule has 0 aliphatic carbocycles. The van der Waals surface area contributed by atoms with E-state index in [4.69, 9.17) is 0 Å². The summed E-state index contributed by atoms with van der Waals surface area (Å²) in [6.07, 6.45) is 1.84. The summed E-state index contributed by atoms with van der Waals surface area (Å²) in [6, 6.07) is 4.44. The second kappa shape index (κ2) is 6.17. The third kappa shape index (κ3) is 4.48. The minimum Gasteiger partial charge on any atom is -0.389 e. The van der Waals surface area contributed by atoms with Crippen molar-refractivity contribution in [3.8, 4) is 0 Å². The topological polar surface area (TPSA) is 32.3 Å². The van der Waals surface area contributed by atoms with Crippen LogP contribution in [-0.4, -0.2) is 28.8 Å². The van der Waals surface area contributed by atoms with Crippen LogP contribution in [0, 0.1) is 0 Å². The molecule has 1 aliphatic rings. The van der Waals surface area contributed by atoms with Gasteiger partial charge < -0.3 is 10.4 Å². The monoisotopic (exact) mass is 299 g/mol. The van der Waals surface area contributed by atoms with Crippen molar-refractivity contribution >= 4 is 23.1 Å². The number of hydrogen-bond acceptors (Lipinski definition) is 4. The maximum atomic E-state index is 10.4. The second-order valence-corrected chi connectivity index (χ2v) is 8.85. The Labute approximate surface area is 125 Å². The first-order valence-electron chi connectivity index (χ1n) is 6.99. The lowest BCUT2D eigenvalue weighted by atomic mass is 9.95. The van der Waals surface area contributed by atoms with Crippen LogP contribution in [0.15, 0.2) is 12.1 Å². The first kappa shape index (κ1) is 15.4. The molecule has 4 heteroatoms. The van der Waals surface area contributed by atoms with Gasteiger partial charge in [-0.3, -0.25) is 0 Å². The highest BCUT2D eigenvalue weighted by Gasteiger charge is 2.28. The van der Waals surface area contributed by atoms with Gasteiger partial charge in [-0.25, -0.2) is 0 Å². The zero-order chi connectivity index (χ0) is 13.9. The average molecular weight is 300 g/mol. The standard InChI is InChI=1S/C15H25NOS2/c1-14(2,3)13-5-4-12(19-13)10-16-11-15(17)6-8-18-9-7-15/h4-5,16-17H,6-11H2,1-3H3. The summed E-state index contributed by atoms with van der Waals surface area (Å²) in [5.41, 5.74) is -0.239. The minimum atomic E-state index is -0.477. The smallest absolute Gasteiger partial charge is 0.0787 e. The molecule has 1 fully saturated rings. The SMILES string of the molecule is CC(C)(C)c1ccc(CNCC2(O)CCSCC2)s1. The van der Waals surface area contributed by atoms with Crippen molar-refractivity contribution in [1.82, 2.24) is 5.32 Å². The van der Waals surface area contributed by atoms with E-state index in [0.29, 0.717) is 0 Å². The van der Waals surface area contributed by atoms with Gasteiger partial charge in [0.25, 0.3) is 0 Å². The highest BCUT2D eigenvalue weighted by molar-refractivity contribution is 7.99. The highest BCUT2D eigenvalue weighted by atomic mass is 32.2. The van der Waals surface area contributed by atoms with E-state index >= 15 is 0 Å². The van der Waals surface area contributed by atoms with E-state index in [2.05, 4.69) is 38.2 Å². The predicted octanol–water partition coefficient (Wildman–Crippen LogP) is 3.39. The largest absolute Gasteiger partial charge is 0.389 e. The lowest BCUT2D eigenvalue weighted by Crippen LogP contribution is -2.43.